The van der Waals surface area contributed by atoms with Crippen molar-refractivity contribution in [3.63, 3.8) is 0 Å². The van der Waals surface area contributed by atoms with Crippen molar-refractivity contribution in [2.24, 2.45) is 0 Å². The minimum absolute atomic E-state index is 0.00982. The van der Waals surface area contributed by atoms with Gasteiger partial charge in [0.05, 0.1) is 22.1 Å². The first kappa shape index (κ1) is 16.2. The van der Waals surface area contributed by atoms with Gasteiger partial charge in [0.15, 0.2) is 0 Å². The fourth-order valence-corrected chi connectivity index (χ4v) is 2.58. The van der Waals surface area contributed by atoms with Gasteiger partial charge in [0.2, 0.25) is 0 Å². The predicted octanol–water partition coefficient (Wildman–Crippen LogP) is 1.37. The summed E-state index contributed by atoms with van der Waals surface area (Å²) in [6, 6.07) is 8.41. The number of benzene rings is 1. The summed E-state index contributed by atoms with van der Waals surface area (Å²) in [5, 5.41) is 38.0. The molecule has 1 heterocycles. The second-order valence-corrected chi connectivity index (χ2v) is 5.10. The minimum atomic E-state index is -0.528. The number of rotatable bonds is 4. The zero-order valence-electron chi connectivity index (χ0n) is 12.4. The predicted molar refractivity (Wildman–Crippen MR) is 81.4 cm³/mol. The highest BCUT2D eigenvalue weighted by Crippen LogP contribution is 2.32. The fraction of sp³-hybridized carbons (Fsp3) is 0.400. The van der Waals surface area contributed by atoms with E-state index >= 15 is 0 Å². The molecule has 1 fully saturated rings. The Kier molecular flexibility index (Phi) is 5.09. The molecule has 0 N–H and O–H groups in total. The number of hydrogen-bond donors (Lipinski definition) is 0. The zero-order chi connectivity index (χ0) is 16.8. The monoisotopic (exact) mass is 310 g/mol. The standard InChI is InChI=1S/C15H14N6O2/c16-2-1-3-19-4-6-20(7-5-19)14-8-12(10-17)13(11-18)9-15(14)21(22)23/h8-9H,1,3-7H2. The van der Waals surface area contributed by atoms with E-state index in [0.29, 0.717) is 44.8 Å². The molecule has 116 valence electrons. The van der Waals surface area contributed by atoms with Crippen LogP contribution >= 0.6 is 0 Å². The molecule has 8 nitrogen and oxygen atoms in total. The Labute approximate surface area is 133 Å². The number of anilines is 1. The SMILES string of the molecule is N#CCCN1CCN(c2cc(C#N)c(C#N)cc2[N+](=O)[O-])CC1. The van der Waals surface area contributed by atoms with E-state index in [-0.39, 0.29) is 16.8 Å². The first-order valence-electron chi connectivity index (χ1n) is 7.07. The number of nitro groups is 1. The maximum absolute atomic E-state index is 11.3. The summed E-state index contributed by atoms with van der Waals surface area (Å²) >= 11 is 0. The van der Waals surface area contributed by atoms with E-state index in [1.807, 2.05) is 17.0 Å². The smallest absolute Gasteiger partial charge is 0.293 e. The molecular formula is C15H14N6O2. The van der Waals surface area contributed by atoms with Gasteiger partial charge >= 0.3 is 0 Å². The molecule has 0 aliphatic carbocycles. The second-order valence-electron chi connectivity index (χ2n) is 5.10. The lowest BCUT2D eigenvalue weighted by Gasteiger charge is -2.35. The van der Waals surface area contributed by atoms with Crippen molar-refractivity contribution in [1.82, 2.24) is 4.90 Å². The summed E-state index contributed by atoms with van der Waals surface area (Å²) in [6.45, 7) is 3.22. The lowest BCUT2D eigenvalue weighted by atomic mass is 10.1. The largest absolute Gasteiger partial charge is 0.363 e. The molecule has 0 amide bonds. The van der Waals surface area contributed by atoms with E-state index < -0.39 is 4.92 Å². The lowest BCUT2D eigenvalue weighted by molar-refractivity contribution is -0.384. The van der Waals surface area contributed by atoms with E-state index in [1.165, 1.54) is 6.07 Å². The van der Waals surface area contributed by atoms with Crippen LogP contribution < -0.4 is 4.90 Å². The Hall–Kier alpha value is -3.15. The van der Waals surface area contributed by atoms with E-state index in [4.69, 9.17) is 15.8 Å². The van der Waals surface area contributed by atoms with Crippen molar-refractivity contribution < 1.29 is 4.92 Å². The molecule has 0 atom stereocenters. The van der Waals surface area contributed by atoms with Gasteiger partial charge in [-0.2, -0.15) is 15.8 Å². The Morgan fingerprint density at radius 2 is 1.70 bits per heavy atom. The topological polar surface area (TPSA) is 121 Å². The average Bonchev–Trinajstić information content (AvgIpc) is 2.59. The molecule has 1 aromatic rings. The zero-order valence-corrected chi connectivity index (χ0v) is 12.4. The molecule has 8 heteroatoms. The third-order valence-corrected chi connectivity index (χ3v) is 3.81. The van der Waals surface area contributed by atoms with Gasteiger partial charge in [0.25, 0.3) is 5.69 Å². The number of hydrogen-bond acceptors (Lipinski definition) is 7. The third-order valence-electron chi connectivity index (χ3n) is 3.81. The Bertz CT molecular complexity index is 732. The van der Waals surface area contributed by atoms with E-state index in [1.54, 1.807) is 0 Å². The van der Waals surface area contributed by atoms with Crippen molar-refractivity contribution >= 4 is 11.4 Å². The molecule has 0 bridgehead atoms. The molecule has 0 radical (unpaired) electrons. The van der Waals surface area contributed by atoms with Crippen LogP contribution in [0.2, 0.25) is 0 Å². The molecule has 0 spiro atoms. The highest BCUT2D eigenvalue weighted by atomic mass is 16.6. The summed E-state index contributed by atoms with van der Waals surface area (Å²) < 4.78 is 0. The van der Waals surface area contributed by atoms with E-state index in [9.17, 15) is 10.1 Å². The molecule has 2 rings (SSSR count). The second kappa shape index (κ2) is 7.22. The van der Waals surface area contributed by atoms with Crippen LogP contribution in [-0.4, -0.2) is 42.5 Å². The molecule has 1 aliphatic rings. The fourth-order valence-electron chi connectivity index (χ4n) is 2.58. The highest BCUT2D eigenvalue weighted by molar-refractivity contribution is 5.70. The van der Waals surface area contributed by atoms with Gasteiger partial charge in [-0.25, -0.2) is 0 Å². The van der Waals surface area contributed by atoms with Crippen LogP contribution in [-0.2, 0) is 0 Å². The van der Waals surface area contributed by atoms with Crippen LogP contribution in [0.25, 0.3) is 0 Å². The molecule has 1 aromatic carbocycles. The third kappa shape index (κ3) is 3.55. The maximum atomic E-state index is 11.3. The maximum Gasteiger partial charge on any atom is 0.293 e. The van der Waals surface area contributed by atoms with Gasteiger partial charge in [-0.15, -0.1) is 0 Å². The first-order chi connectivity index (χ1) is 11.1. The highest BCUT2D eigenvalue weighted by Gasteiger charge is 2.25. The van der Waals surface area contributed by atoms with Crippen LogP contribution in [0.3, 0.4) is 0 Å². The number of nitrogens with zero attached hydrogens (tertiary/aromatic N) is 6. The van der Waals surface area contributed by atoms with Crippen molar-refractivity contribution in [3.8, 4) is 18.2 Å². The van der Waals surface area contributed by atoms with E-state index in [2.05, 4.69) is 11.0 Å². The quantitative estimate of drug-likeness (QED) is 0.608. The van der Waals surface area contributed by atoms with Crippen molar-refractivity contribution in [3.05, 3.63) is 33.4 Å². The lowest BCUT2D eigenvalue weighted by Crippen LogP contribution is -2.46. The summed E-state index contributed by atoms with van der Waals surface area (Å²) in [5.74, 6) is 0. The van der Waals surface area contributed by atoms with Gasteiger partial charge in [-0.05, 0) is 6.07 Å². The number of nitriles is 3. The number of piperazine rings is 1. The molecule has 1 aliphatic heterocycles. The molecule has 1 saturated heterocycles. The summed E-state index contributed by atoms with van der Waals surface area (Å²) in [4.78, 5) is 14.7. The molecule has 0 saturated carbocycles. The first-order valence-corrected chi connectivity index (χ1v) is 7.07. The van der Waals surface area contributed by atoms with Crippen LogP contribution in [0.15, 0.2) is 12.1 Å². The van der Waals surface area contributed by atoms with Gasteiger partial charge in [-0.1, -0.05) is 0 Å². The van der Waals surface area contributed by atoms with Crippen LogP contribution in [0.5, 0.6) is 0 Å². The Balaban J connectivity index is 2.27. The van der Waals surface area contributed by atoms with Crippen molar-refractivity contribution in [2.45, 2.75) is 6.42 Å². The normalized spacial score (nSPS) is 14.6. The Morgan fingerprint density at radius 1 is 1.09 bits per heavy atom. The molecule has 23 heavy (non-hydrogen) atoms. The van der Waals surface area contributed by atoms with Gasteiger partial charge in [-0.3, -0.25) is 15.0 Å². The Morgan fingerprint density at radius 3 is 2.22 bits per heavy atom. The van der Waals surface area contributed by atoms with Crippen molar-refractivity contribution in [2.75, 3.05) is 37.6 Å². The molecular weight excluding hydrogens is 296 g/mol. The van der Waals surface area contributed by atoms with Crippen molar-refractivity contribution in [1.29, 1.82) is 15.8 Å². The van der Waals surface area contributed by atoms with Gasteiger partial charge in [0.1, 0.15) is 17.8 Å². The summed E-state index contributed by atoms with van der Waals surface area (Å²) in [5.41, 5.74) is 0.354. The average molecular weight is 310 g/mol. The minimum Gasteiger partial charge on any atom is -0.363 e. The van der Waals surface area contributed by atoms with Gasteiger partial charge < -0.3 is 4.90 Å². The summed E-state index contributed by atoms with van der Waals surface area (Å²) in [7, 11) is 0. The summed E-state index contributed by atoms with van der Waals surface area (Å²) in [6.07, 6.45) is 0.454. The van der Waals surface area contributed by atoms with Crippen LogP contribution in [0.1, 0.15) is 17.5 Å². The number of nitro benzene ring substituents is 1. The van der Waals surface area contributed by atoms with Crippen LogP contribution in [0.4, 0.5) is 11.4 Å². The molecule has 0 aromatic heterocycles. The van der Waals surface area contributed by atoms with E-state index in [0.717, 1.165) is 6.07 Å². The van der Waals surface area contributed by atoms with Gasteiger partial charge in [0, 0.05) is 45.2 Å². The molecule has 0 unspecified atom stereocenters. The van der Waals surface area contributed by atoms with Crippen LogP contribution in [0, 0.1) is 44.1 Å².